The molecule has 1 saturated heterocycles. The van der Waals surface area contributed by atoms with Crippen LogP contribution < -0.4 is 15.1 Å². The summed E-state index contributed by atoms with van der Waals surface area (Å²) >= 11 is 0. The first-order chi connectivity index (χ1) is 13.1. The molecule has 27 heavy (non-hydrogen) atoms. The summed E-state index contributed by atoms with van der Waals surface area (Å²) in [6.07, 6.45) is 0. The molecule has 2 aromatic rings. The minimum absolute atomic E-state index is 0.0878. The highest BCUT2D eigenvalue weighted by molar-refractivity contribution is 5.93. The second-order valence-corrected chi connectivity index (χ2v) is 6.48. The smallest absolute Gasteiger partial charge is 0.337 e. The van der Waals surface area contributed by atoms with E-state index >= 15 is 0 Å². The van der Waals surface area contributed by atoms with Gasteiger partial charge < -0.3 is 19.9 Å². The fourth-order valence-electron chi connectivity index (χ4n) is 3.19. The number of methoxy groups -OCH3 is 1. The largest absolute Gasteiger partial charge is 0.465 e. The lowest BCUT2D eigenvalue weighted by Crippen LogP contribution is -3.15. The van der Waals surface area contributed by atoms with Gasteiger partial charge in [-0.15, -0.1) is 0 Å². The Hall–Kier alpha value is -2.93. The monoisotopic (exact) mass is 372 g/mol. The molecule has 0 aromatic heterocycles. The summed E-state index contributed by atoms with van der Waals surface area (Å²) in [6, 6.07) is 13.3. The molecule has 1 aliphatic rings. The highest BCUT2D eigenvalue weighted by Gasteiger charge is 2.23. The van der Waals surface area contributed by atoms with Crippen molar-refractivity contribution in [1.29, 1.82) is 0 Å². The number of carbonyl (C=O) groups is 2. The lowest BCUT2D eigenvalue weighted by Gasteiger charge is -2.33. The summed E-state index contributed by atoms with van der Waals surface area (Å²) in [6.45, 7) is 3.30. The van der Waals surface area contributed by atoms with Gasteiger partial charge in [0.2, 0.25) is 0 Å². The van der Waals surface area contributed by atoms with E-state index in [2.05, 4.69) is 10.1 Å². The minimum atomic E-state index is -0.412. The third kappa shape index (κ3) is 4.83. The molecule has 1 aliphatic heterocycles. The molecule has 0 radical (unpaired) electrons. The first kappa shape index (κ1) is 18.8. The van der Waals surface area contributed by atoms with Crippen LogP contribution in [0, 0.1) is 5.82 Å². The highest BCUT2D eigenvalue weighted by atomic mass is 19.1. The van der Waals surface area contributed by atoms with Crippen LogP contribution in [0.5, 0.6) is 0 Å². The Bertz CT molecular complexity index is 802. The van der Waals surface area contributed by atoms with Crippen LogP contribution in [0.2, 0.25) is 0 Å². The van der Waals surface area contributed by atoms with Crippen LogP contribution in [-0.2, 0) is 9.53 Å². The molecule has 0 saturated carbocycles. The van der Waals surface area contributed by atoms with Crippen LogP contribution in [0.1, 0.15) is 10.4 Å². The molecule has 0 unspecified atom stereocenters. The number of nitrogens with one attached hydrogen (secondary N) is 2. The standard InChI is InChI=1S/C20H22FN3O3/c1-27-20(26)15-6-8-16(9-7-15)22-19(25)14-23-10-12-24(13-11-23)18-5-3-2-4-17(18)21/h2-9H,10-14H2,1H3,(H,22,25)/p+1. The molecule has 6 nitrogen and oxygen atoms in total. The molecular formula is C20H23FN3O3+. The lowest BCUT2D eigenvalue weighted by molar-refractivity contribution is -0.892. The van der Waals surface area contributed by atoms with Crippen LogP contribution in [0.15, 0.2) is 48.5 Å². The van der Waals surface area contributed by atoms with Gasteiger partial charge in [0, 0.05) is 5.69 Å². The van der Waals surface area contributed by atoms with Crippen molar-refractivity contribution >= 4 is 23.3 Å². The van der Waals surface area contributed by atoms with Crippen molar-refractivity contribution in [3.8, 4) is 0 Å². The van der Waals surface area contributed by atoms with Gasteiger partial charge in [-0.1, -0.05) is 12.1 Å². The number of piperazine rings is 1. The van der Waals surface area contributed by atoms with E-state index in [4.69, 9.17) is 0 Å². The second-order valence-electron chi connectivity index (χ2n) is 6.48. The Morgan fingerprint density at radius 3 is 2.41 bits per heavy atom. The Morgan fingerprint density at radius 1 is 1.11 bits per heavy atom. The topological polar surface area (TPSA) is 63.1 Å². The van der Waals surface area contributed by atoms with E-state index in [-0.39, 0.29) is 11.7 Å². The van der Waals surface area contributed by atoms with Crippen LogP contribution in [-0.4, -0.2) is 51.7 Å². The number of nitrogens with zero attached hydrogens (tertiary/aromatic N) is 1. The van der Waals surface area contributed by atoms with Crippen LogP contribution in [0.4, 0.5) is 15.8 Å². The van der Waals surface area contributed by atoms with Crippen molar-refractivity contribution in [2.45, 2.75) is 0 Å². The summed E-state index contributed by atoms with van der Waals surface area (Å²) in [4.78, 5) is 26.9. The third-order valence-corrected chi connectivity index (χ3v) is 4.66. The van der Waals surface area contributed by atoms with Gasteiger partial charge in [-0.25, -0.2) is 9.18 Å². The second kappa shape index (κ2) is 8.64. The average molecular weight is 372 g/mol. The van der Waals surface area contributed by atoms with Crippen molar-refractivity contribution < 1.29 is 23.6 Å². The van der Waals surface area contributed by atoms with E-state index < -0.39 is 5.97 Å². The number of hydrogen-bond donors (Lipinski definition) is 2. The number of halogens is 1. The average Bonchev–Trinajstić information content (AvgIpc) is 2.69. The number of para-hydroxylation sites is 1. The maximum absolute atomic E-state index is 13.9. The molecule has 142 valence electrons. The normalized spacial score (nSPS) is 14.7. The Kier molecular flexibility index (Phi) is 6.03. The van der Waals surface area contributed by atoms with Crippen molar-refractivity contribution in [1.82, 2.24) is 0 Å². The molecule has 2 N–H and O–H groups in total. The lowest BCUT2D eigenvalue weighted by atomic mass is 10.2. The third-order valence-electron chi connectivity index (χ3n) is 4.66. The molecule has 1 heterocycles. The van der Waals surface area contributed by atoms with Crippen molar-refractivity contribution in [3.05, 3.63) is 59.9 Å². The highest BCUT2D eigenvalue weighted by Crippen LogP contribution is 2.18. The number of anilines is 2. The number of rotatable bonds is 5. The molecule has 0 aliphatic carbocycles. The molecule has 0 bridgehead atoms. The minimum Gasteiger partial charge on any atom is -0.465 e. The molecule has 2 aromatic carbocycles. The maximum Gasteiger partial charge on any atom is 0.337 e. The molecule has 7 heteroatoms. The van der Waals surface area contributed by atoms with Gasteiger partial charge in [-0.05, 0) is 36.4 Å². The van der Waals surface area contributed by atoms with Crippen molar-refractivity contribution in [2.24, 2.45) is 0 Å². The number of quaternary nitrogens is 1. The summed E-state index contributed by atoms with van der Waals surface area (Å²) in [5.41, 5.74) is 1.69. The molecule has 3 rings (SSSR count). The molecule has 0 spiro atoms. The predicted molar refractivity (Wildman–Crippen MR) is 101 cm³/mol. The van der Waals surface area contributed by atoms with Crippen molar-refractivity contribution in [2.75, 3.05) is 50.1 Å². The van der Waals surface area contributed by atoms with Gasteiger partial charge in [0.15, 0.2) is 6.54 Å². The van der Waals surface area contributed by atoms with Gasteiger partial charge in [0.05, 0.1) is 44.5 Å². The van der Waals surface area contributed by atoms with Gasteiger partial charge in [-0.3, -0.25) is 4.79 Å². The van der Waals surface area contributed by atoms with Gasteiger partial charge in [0.25, 0.3) is 5.91 Å². The first-order valence-electron chi connectivity index (χ1n) is 8.88. The summed E-state index contributed by atoms with van der Waals surface area (Å²) < 4.78 is 18.5. The molecule has 1 amide bonds. The van der Waals surface area contributed by atoms with E-state index in [1.54, 1.807) is 36.4 Å². The Labute approximate surface area is 157 Å². The van der Waals surface area contributed by atoms with Crippen LogP contribution >= 0.6 is 0 Å². The summed E-state index contributed by atoms with van der Waals surface area (Å²) in [5.74, 6) is -0.714. The van der Waals surface area contributed by atoms with E-state index in [9.17, 15) is 14.0 Å². The van der Waals surface area contributed by atoms with E-state index in [0.29, 0.717) is 36.6 Å². The SMILES string of the molecule is COC(=O)c1ccc(NC(=O)C[NH+]2CCN(c3ccccc3F)CC2)cc1. The maximum atomic E-state index is 13.9. The number of amides is 1. The Balaban J connectivity index is 1.48. The fraction of sp³-hybridized carbons (Fsp3) is 0.300. The van der Waals surface area contributed by atoms with Gasteiger partial charge in [-0.2, -0.15) is 0 Å². The summed E-state index contributed by atoms with van der Waals surface area (Å²) in [7, 11) is 1.33. The number of esters is 1. The first-order valence-corrected chi connectivity index (χ1v) is 8.88. The zero-order valence-corrected chi connectivity index (χ0v) is 15.2. The fourth-order valence-corrected chi connectivity index (χ4v) is 3.19. The van der Waals surface area contributed by atoms with Crippen LogP contribution in [0.25, 0.3) is 0 Å². The van der Waals surface area contributed by atoms with E-state index in [0.717, 1.165) is 18.0 Å². The van der Waals surface area contributed by atoms with E-state index in [1.807, 2.05) is 11.0 Å². The zero-order chi connectivity index (χ0) is 19.2. The van der Waals surface area contributed by atoms with Gasteiger partial charge in [0.1, 0.15) is 5.82 Å². The van der Waals surface area contributed by atoms with Gasteiger partial charge >= 0.3 is 5.97 Å². The quantitative estimate of drug-likeness (QED) is 0.768. The van der Waals surface area contributed by atoms with E-state index in [1.165, 1.54) is 13.2 Å². The predicted octanol–water partition coefficient (Wildman–Crippen LogP) is 0.956. The zero-order valence-electron chi connectivity index (χ0n) is 15.2. The molecular weight excluding hydrogens is 349 g/mol. The Morgan fingerprint density at radius 2 is 1.78 bits per heavy atom. The number of hydrogen-bond acceptors (Lipinski definition) is 4. The molecule has 1 fully saturated rings. The molecule has 0 atom stereocenters. The number of benzene rings is 2. The summed E-state index contributed by atoms with van der Waals surface area (Å²) in [5, 5.41) is 2.84. The number of carbonyl (C=O) groups excluding carboxylic acids is 2. The van der Waals surface area contributed by atoms with Crippen LogP contribution in [0.3, 0.4) is 0 Å². The number of ether oxygens (including phenoxy) is 1. The van der Waals surface area contributed by atoms with Crippen molar-refractivity contribution in [3.63, 3.8) is 0 Å².